The second-order valence-electron chi connectivity index (χ2n) is 5.00. The van der Waals surface area contributed by atoms with E-state index in [-0.39, 0.29) is 0 Å². The maximum absolute atomic E-state index is 3.68. The molecule has 0 saturated carbocycles. The number of hydrogen-bond acceptors (Lipinski definition) is 2. The van der Waals surface area contributed by atoms with Crippen molar-refractivity contribution >= 4 is 27.3 Å². The molecular formula is C16H20BrNS. The van der Waals surface area contributed by atoms with E-state index in [2.05, 4.69) is 79.3 Å². The summed E-state index contributed by atoms with van der Waals surface area (Å²) in [6.07, 6.45) is 0. The Morgan fingerprint density at radius 2 is 1.68 bits per heavy atom. The lowest BCUT2D eigenvalue weighted by molar-refractivity contribution is 0.493. The molecule has 2 rings (SSSR count). The van der Waals surface area contributed by atoms with Crippen LogP contribution >= 0.6 is 27.3 Å². The van der Waals surface area contributed by atoms with Crippen LogP contribution < -0.4 is 5.32 Å². The predicted octanol–water partition coefficient (Wildman–Crippen LogP) is 5.54. The van der Waals surface area contributed by atoms with E-state index in [9.17, 15) is 0 Å². The molecule has 0 saturated heterocycles. The topological polar surface area (TPSA) is 12.0 Å². The molecule has 0 bridgehead atoms. The molecule has 0 aliphatic rings. The lowest BCUT2D eigenvalue weighted by Gasteiger charge is -2.21. The summed E-state index contributed by atoms with van der Waals surface area (Å²) in [4.78, 5) is 2.80. The van der Waals surface area contributed by atoms with Crippen LogP contribution in [0.25, 0.3) is 0 Å². The minimum Gasteiger partial charge on any atom is -0.304 e. The number of benzene rings is 1. The van der Waals surface area contributed by atoms with Gasteiger partial charge in [0, 0.05) is 26.3 Å². The highest BCUT2D eigenvalue weighted by atomic mass is 79.9. The molecule has 0 aliphatic heterocycles. The number of thiophene rings is 1. The van der Waals surface area contributed by atoms with Gasteiger partial charge in [0.15, 0.2) is 0 Å². The first-order valence-electron chi connectivity index (χ1n) is 6.56. The number of halogens is 1. The van der Waals surface area contributed by atoms with Gasteiger partial charge in [0.05, 0.1) is 0 Å². The van der Waals surface area contributed by atoms with Crippen LogP contribution in [-0.2, 0) is 0 Å². The SMILES string of the molecule is Cc1cc(C(C)NC(C)c2ccccc2Br)c(C)s1. The van der Waals surface area contributed by atoms with Crippen LogP contribution in [0.2, 0.25) is 0 Å². The molecule has 102 valence electrons. The summed E-state index contributed by atoms with van der Waals surface area (Å²) in [7, 11) is 0. The summed E-state index contributed by atoms with van der Waals surface area (Å²) in [5.41, 5.74) is 2.72. The van der Waals surface area contributed by atoms with Crippen molar-refractivity contribution in [1.82, 2.24) is 5.32 Å². The Labute approximate surface area is 128 Å². The van der Waals surface area contributed by atoms with Gasteiger partial charge in [-0.2, -0.15) is 0 Å². The standard InChI is InChI=1S/C16H20BrNS/c1-10-9-15(13(4)19-10)12(3)18-11(2)14-7-5-6-8-16(14)17/h5-9,11-12,18H,1-4H3. The van der Waals surface area contributed by atoms with Gasteiger partial charge in [-0.3, -0.25) is 0 Å². The molecule has 2 atom stereocenters. The van der Waals surface area contributed by atoms with Crippen molar-refractivity contribution in [2.24, 2.45) is 0 Å². The summed E-state index contributed by atoms with van der Waals surface area (Å²) >= 11 is 5.50. The fourth-order valence-electron chi connectivity index (χ4n) is 2.46. The number of rotatable bonds is 4. The molecule has 0 fully saturated rings. The van der Waals surface area contributed by atoms with E-state index >= 15 is 0 Å². The van der Waals surface area contributed by atoms with Gasteiger partial charge in [0.1, 0.15) is 0 Å². The van der Waals surface area contributed by atoms with Crippen molar-refractivity contribution in [2.45, 2.75) is 39.8 Å². The molecule has 0 amide bonds. The molecule has 19 heavy (non-hydrogen) atoms. The largest absolute Gasteiger partial charge is 0.304 e. The second kappa shape index (κ2) is 6.21. The molecule has 0 radical (unpaired) electrons. The Morgan fingerprint density at radius 3 is 2.26 bits per heavy atom. The number of nitrogens with one attached hydrogen (secondary N) is 1. The Kier molecular flexibility index (Phi) is 4.82. The van der Waals surface area contributed by atoms with Crippen molar-refractivity contribution in [1.29, 1.82) is 0 Å². The van der Waals surface area contributed by atoms with Gasteiger partial charge in [-0.05, 0) is 51.0 Å². The molecule has 1 N–H and O–H groups in total. The van der Waals surface area contributed by atoms with Crippen LogP contribution in [0.5, 0.6) is 0 Å². The fraction of sp³-hybridized carbons (Fsp3) is 0.375. The predicted molar refractivity (Wildman–Crippen MR) is 87.9 cm³/mol. The van der Waals surface area contributed by atoms with Crippen molar-refractivity contribution in [3.63, 3.8) is 0 Å². The third kappa shape index (κ3) is 3.47. The van der Waals surface area contributed by atoms with E-state index in [4.69, 9.17) is 0 Å². The molecule has 1 aromatic heterocycles. The summed E-state index contributed by atoms with van der Waals surface area (Å²) in [6, 6.07) is 11.4. The molecule has 0 aliphatic carbocycles. The lowest BCUT2D eigenvalue weighted by Crippen LogP contribution is -2.22. The molecule has 3 heteroatoms. The van der Waals surface area contributed by atoms with Gasteiger partial charge in [-0.15, -0.1) is 11.3 Å². The zero-order valence-electron chi connectivity index (χ0n) is 11.8. The number of aryl methyl sites for hydroxylation is 2. The Balaban J connectivity index is 2.13. The molecule has 2 unspecified atom stereocenters. The van der Waals surface area contributed by atoms with Crippen molar-refractivity contribution < 1.29 is 0 Å². The van der Waals surface area contributed by atoms with Crippen LogP contribution in [0.4, 0.5) is 0 Å². The summed E-state index contributed by atoms with van der Waals surface area (Å²) in [6.45, 7) is 8.83. The molecule has 2 aromatic rings. The Bertz CT molecular complexity index is 562. The van der Waals surface area contributed by atoms with E-state index in [1.807, 2.05) is 11.3 Å². The quantitative estimate of drug-likeness (QED) is 0.772. The minimum absolute atomic E-state index is 0.324. The number of hydrogen-bond donors (Lipinski definition) is 1. The van der Waals surface area contributed by atoms with Crippen LogP contribution in [-0.4, -0.2) is 0 Å². The first-order chi connectivity index (χ1) is 8.99. The molecule has 0 spiro atoms. The monoisotopic (exact) mass is 337 g/mol. The second-order valence-corrected chi connectivity index (χ2v) is 7.31. The highest BCUT2D eigenvalue weighted by molar-refractivity contribution is 9.10. The van der Waals surface area contributed by atoms with Crippen molar-refractivity contribution in [3.8, 4) is 0 Å². The first-order valence-corrected chi connectivity index (χ1v) is 8.17. The van der Waals surface area contributed by atoms with Gasteiger partial charge in [0.2, 0.25) is 0 Å². The Hall–Kier alpha value is -0.640. The minimum atomic E-state index is 0.324. The molecule has 1 heterocycles. The lowest BCUT2D eigenvalue weighted by atomic mass is 10.0. The Morgan fingerprint density at radius 1 is 1.05 bits per heavy atom. The average Bonchev–Trinajstić information content (AvgIpc) is 2.69. The molecular weight excluding hydrogens is 318 g/mol. The van der Waals surface area contributed by atoms with E-state index in [1.54, 1.807) is 0 Å². The van der Waals surface area contributed by atoms with Gasteiger partial charge in [0.25, 0.3) is 0 Å². The van der Waals surface area contributed by atoms with E-state index in [0.717, 1.165) is 0 Å². The maximum Gasteiger partial charge on any atom is 0.0308 e. The summed E-state index contributed by atoms with van der Waals surface area (Å²) in [5.74, 6) is 0. The van der Waals surface area contributed by atoms with Gasteiger partial charge in [-0.1, -0.05) is 34.1 Å². The first kappa shape index (κ1) is 14.8. The third-order valence-corrected chi connectivity index (χ3v) is 5.12. The zero-order valence-corrected chi connectivity index (χ0v) is 14.2. The fourth-order valence-corrected chi connectivity index (χ4v) is 4.11. The molecule has 1 nitrogen and oxygen atoms in total. The maximum atomic E-state index is 3.68. The molecule has 1 aromatic carbocycles. The normalized spacial score (nSPS) is 14.4. The smallest absolute Gasteiger partial charge is 0.0308 e. The van der Waals surface area contributed by atoms with Crippen LogP contribution in [0.3, 0.4) is 0 Å². The van der Waals surface area contributed by atoms with Gasteiger partial charge in [-0.25, -0.2) is 0 Å². The van der Waals surface area contributed by atoms with E-state index < -0.39 is 0 Å². The van der Waals surface area contributed by atoms with Crippen LogP contribution in [0, 0.1) is 13.8 Å². The average molecular weight is 338 g/mol. The third-order valence-electron chi connectivity index (χ3n) is 3.42. The van der Waals surface area contributed by atoms with Crippen LogP contribution in [0.15, 0.2) is 34.8 Å². The van der Waals surface area contributed by atoms with E-state index in [0.29, 0.717) is 12.1 Å². The van der Waals surface area contributed by atoms with Crippen molar-refractivity contribution in [3.05, 3.63) is 55.7 Å². The van der Waals surface area contributed by atoms with Gasteiger partial charge >= 0.3 is 0 Å². The van der Waals surface area contributed by atoms with Crippen LogP contribution in [0.1, 0.15) is 46.8 Å². The van der Waals surface area contributed by atoms with E-state index in [1.165, 1.54) is 25.4 Å². The van der Waals surface area contributed by atoms with Crippen molar-refractivity contribution in [2.75, 3.05) is 0 Å². The zero-order chi connectivity index (χ0) is 14.0. The summed E-state index contributed by atoms with van der Waals surface area (Å²) < 4.78 is 1.17. The summed E-state index contributed by atoms with van der Waals surface area (Å²) in [5, 5.41) is 3.68. The van der Waals surface area contributed by atoms with Gasteiger partial charge < -0.3 is 5.32 Å². The highest BCUT2D eigenvalue weighted by Gasteiger charge is 2.15. The highest BCUT2D eigenvalue weighted by Crippen LogP contribution is 2.29.